The van der Waals surface area contributed by atoms with E-state index in [0.29, 0.717) is 18.9 Å². The summed E-state index contributed by atoms with van der Waals surface area (Å²) >= 11 is 0. The molecule has 0 spiro atoms. The van der Waals surface area contributed by atoms with E-state index in [1.165, 1.54) is 0 Å². The van der Waals surface area contributed by atoms with Crippen LogP contribution in [0.2, 0.25) is 0 Å². The number of aromatic nitrogens is 3. The average Bonchev–Trinajstić information content (AvgIpc) is 2.74. The summed E-state index contributed by atoms with van der Waals surface area (Å²) in [6, 6.07) is 0. The fourth-order valence-corrected chi connectivity index (χ4v) is 2.14. The number of hydrogen-bond donors (Lipinski definition) is 2. The van der Waals surface area contributed by atoms with Crippen LogP contribution in [-0.4, -0.2) is 44.9 Å². The quantitative estimate of drug-likeness (QED) is 0.801. The van der Waals surface area contributed by atoms with Gasteiger partial charge in [0, 0.05) is 19.0 Å². The third-order valence-electron chi connectivity index (χ3n) is 3.05. The van der Waals surface area contributed by atoms with Gasteiger partial charge in [-0.2, -0.15) is 5.10 Å². The van der Waals surface area contributed by atoms with E-state index < -0.39 is 5.60 Å². The van der Waals surface area contributed by atoms with E-state index in [2.05, 4.69) is 15.2 Å². The molecule has 1 saturated heterocycles. The Kier molecular flexibility index (Phi) is 3.64. The van der Waals surface area contributed by atoms with Gasteiger partial charge in [-0.3, -0.25) is 4.98 Å². The predicted molar refractivity (Wildman–Crippen MR) is 69.0 cm³/mol. The summed E-state index contributed by atoms with van der Waals surface area (Å²) in [6.07, 6.45) is 1.28. The Hall–Kier alpha value is -1.79. The number of amides is 1. The lowest BCUT2D eigenvalue weighted by molar-refractivity contribution is 0.0203. The zero-order chi connectivity index (χ0) is 14.0. The standard InChI is InChI=1S/C12H20N4O3/c1-12(2,3)19-11(18)16-6-4-8(5-7-16)9-13-10(17)15-14-9/h8H,4-7H2,1-3H3,(H2,13,14,15,17). The highest BCUT2D eigenvalue weighted by molar-refractivity contribution is 5.68. The summed E-state index contributed by atoms with van der Waals surface area (Å²) in [6.45, 7) is 6.80. The Morgan fingerprint density at radius 1 is 1.37 bits per heavy atom. The number of aromatic amines is 2. The molecule has 2 N–H and O–H groups in total. The monoisotopic (exact) mass is 268 g/mol. The van der Waals surface area contributed by atoms with E-state index in [-0.39, 0.29) is 17.7 Å². The lowest BCUT2D eigenvalue weighted by Crippen LogP contribution is -2.41. The molecular formula is C12H20N4O3. The van der Waals surface area contributed by atoms with Crippen molar-refractivity contribution in [3.8, 4) is 0 Å². The number of hydrogen-bond acceptors (Lipinski definition) is 4. The van der Waals surface area contributed by atoms with Crippen molar-refractivity contribution in [2.24, 2.45) is 0 Å². The molecule has 0 unspecified atom stereocenters. The molecule has 1 aromatic rings. The second-order valence-corrected chi connectivity index (χ2v) is 5.80. The van der Waals surface area contributed by atoms with Gasteiger partial charge in [0.25, 0.3) is 0 Å². The third kappa shape index (κ3) is 3.59. The molecule has 1 aliphatic rings. The summed E-state index contributed by atoms with van der Waals surface area (Å²) in [4.78, 5) is 27.3. The van der Waals surface area contributed by atoms with Gasteiger partial charge in [0.15, 0.2) is 0 Å². The molecule has 0 atom stereocenters. The molecular weight excluding hydrogens is 248 g/mol. The summed E-state index contributed by atoms with van der Waals surface area (Å²) in [5.41, 5.74) is -0.758. The Bertz CT molecular complexity index is 492. The number of nitrogens with zero attached hydrogens (tertiary/aromatic N) is 2. The first kappa shape index (κ1) is 13.6. The smallest absolute Gasteiger partial charge is 0.410 e. The Labute approximate surface area is 111 Å². The summed E-state index contributed by atoms with van der Waals surface area (Å²) < 4.78 is 5.33. The summed E-state index contributed by atoms with van der Waals surface area (Å²) in [5, 5.41) is 6.31. The number of likely N-dealkylation sites (tertiary alicyclic amines) is 1. The van der Waals surface area contributed by atoms with E-state index in [0.717, 1.165) is 12.8 Å². The Morgan fingerprint density at radius 2 is 2.00 bits per heavy atom. The van der Waals surface area contributed by atoms with E-state index in [1.54, 1.807) is 4.90 Å². The topological polar surface area (TPSA) is 91.1 Å². The lowest BCUT2D eigenvalue weighted by atomic mass is 9.96. The van der Waals surface area contributed by atoms with Gasteiger partial charge in [-0.1, -0.05) is 0 Å². The zero-order valence-corrected chi connectivity index (χ0v) is 11.5. The molecule has 1 fully saturated rings. The number of ether oxygens (including phenoxy) is 1. The van der Waals surface area contributed by atoms with Crippen molar-refractivity contribution < 1.29 is 9.53 Å². The van der Waals surface area contributed by atoms with Crippen molar-refractivity contribution in [1.82, 2.24) is 20.1 Å². The van der Waals surface area contributed by atoms with Gasteiger partial charge in [0.2, 0.25) is 0 Å². The van der Waals surface area contributed by atoms with Gasteiger partial charge in [-0.15, -0.1) is 0 Å². The number of carbonyl (C=O) groups is 1. The molecule has 106 valence electrons. The maximum Gasteiger partial charge on any atom is 0.410 e. The van der Waals surface area contributed by atoms with E-state index in [4.69, 9.17) is 4.74 Å². The Morgan fingerprint density at radius 3 is 2.47 bits per heavy atom. The largest absolute Gasteiger partial charge is 0.444 e. The van der Waals surface area contributed by atoms with Gasteiger partial charge < -0.3 is 9.64 Å². The predicted octanol–water partition coefficient (Wildman–Crippen LogP) is 1.21. The van der Waals surface area contributed by atoms with Gasteiger partial charge in [0.1, 0.15) is 11.4 Å². The van der Waals surface area contributed by atoms with Crippen LogP contribution in [0.5, 0.6) is 0 Å². The van der Waals surface area contributed by atoms with Crippen LogP contribution in [0.1, 0.15) is 45.4 Å². The van der Waals surface area contributed by atoms with Crippen LogP contribution in [0.25, 0.3) is 0 Å². The summed E-state index contributed by atoms with van der Waals surface area (Å²) in [7, 11) is 0. The van der Waals surface area contributed by atoms with Crippen molar-refractivity contribution in [3.05, 3.63) is 16.3 Å². The highest BCUT2D eigenvalue weighted by Crippen LogP contribution is 2.25. The van der Waals surface area contributed by atoms with Crippen LogP contribution in [0.4, 0.5) is 4.79 Å². The third-order valence-corrected chi connectivity index (χ3v) is 3.05. The summed E-state index contributed by atoms with van der Waals surface area (Å²) in [5.74, 6) is 0.867. The van der Waals surface area contributed by atoms with E-state index >= 15 is 0 Å². The fraction of sp³-hybridized carbons (Fsp3) is 0.750. The molecule has 1 aromatic heterocycles. The molecule has 0 radical (unpaired) electrons. The van der Waals surface area contributed by atoms with Gasteiger partial charge in [-0.05, 0) is 33.6 Å². The first-order chi connectivity index (χ1) is 8.85. The molecule has 7 heteroatoms. The minimum atomic E-state index is -0.471. The van der Waals surface area contributed by atoms with Crippen LogP contribution in [0, 0.1) is 0 Å². The molecule has 1 amide bonds. The van der Waals surface area contributed by atoms with E-state index in [1.807, 2.05) is 20.8 Å². The van der Waals surface area contributed by atoms with Crippen molar-refractivity contribution in [3.63, 3.8) is 0 Å². The number of rotatable bonds is 1. The zero-order valence-electron chi connectivity index (χ0n) is 11.5. The number of piperidine rings is 1. The average molecular weight is 268 g/mol. The lowest BCUT2D eigenvalue weighted by Gasteiger charge is -2.32. The SMILES string of the molecule is CC(C)(C)OC(=O)N1CCC(c2n[nH]c(=O)[nH]2)CC1. The van der Waals surface area contributed by atoms with Crippen LogP contribution >= 0.6 is 0 Å². The van der Waals surface area contributed by atoms with E-state index in [9.17, 15) is 9.59 Å². The molecule has 2 heterocycles. The van der Waals surface area contributed by atoms with Crippen molar-refractivity contribution in [2.75, 3.05) is 13.1 Å². The maximum atomic E-state index is 11.9. The molecule has 0 saturated carbocycles. The number of carbonyl (C=O) groups excluding carboxylic acids is 1. The van der Waals surface area contributed by atoms with Crippen LogP contribution < -0.4 is 5.69 Å². The van der Waals surface area contributed by atoms with Crippen LogP contribution in [0.15, 0.2) is 4.79 Å². The molecule has 7 nitrogen and oxygen atoms in total. The minimum absolute atomic E-state index is 0.192. The van der Waals surface area contributed by atoms with Gasteiger partial charge in [0.05, 0.1) is 0 Å². The fourth-order valence-electron chi connectivity index (χ4n) is 2.14. The van der Waals surface area contributed by atoms with Crippen molar-refractivity contribution in [2.45, 2.75) is 45.1 Å². The highest BCUT2D eigenvalue weighted by Gasteiger charge is 2.28. The second-order valence-electron chi connectivity index (χ2n) is 5.80. The first-order valence-corrected chi connectivity index (χ1v) is 6.47. The molecule has 1 aliphatic heterocycles. The molecule has 19 heavy (non-hydrogen) atoms. The minimum Gasteiger partial charge on any atom is -0.444 e. The molecule has 0 aromatic carbocycles. The molecule has 0 aliphatic carbocycles. The second kappa shape index (κ2) is 5.07. The van der Waals surface area contributed by atoms with Crippen LogP contribution in [0.3, 0.4) is 0 Å². The van der Waals surface area contributed by atoms with Gasteiger partial charge >= 0.3 is 11.8 Å². The Balaban J connectivity index is 1.89. The number of nitrogens with one attached hydrogen (secondary N) is 2. The normalized spacial score (nSPS) is 17.5. The van der Waals surface area contributed by atoms with Crippen molar-refractivity contribution in [1.29, 1.82) is 0 Å². The number of H-pyrrole nitrogens is 2. The van der Waals surface area contributed by atoms with Crippen molar-refractivity contribution >= 4 is 6.09 Å². The van der Waals surface area contributed by atoms with Crippen LogP contribution in [-0.2, 0) is 4.74 Å². The molecule has 2 rings (SSSR count). The maximum absolute atomic E-state index is 11.9. The molecule has 0 bridgehead atoms. The van der Waals surface area contributed by atoms with Gasteiger partial charge in [-0.25, -0.2) is 14.7 Å². The first-order valence-electron chi connectivity index (χ1n) is 6.47. The highest BCUT2D eigenvalue weighted by atomic mass is 16.6.